The van der Waals surface area contributed by atoms with Crippen molar-refractivity contribution < 1.29 is 9.53 Å². The molecule has 1 amide bonds. The van der Waals surface area contributed by atoms with Crippen molar-refractivity contribution in [1.82, 2.24) is 20.1 Å². The maximum atomic E-state index is 12.1. The van der Waals surface area contributed by atoms with Crippen LogP contribution in [0.15, 0.2) is 35.7 Å². The van der Waals surface area contributed by atoms with Gasteiger partial charge in [-0.25, -0.2) is 0 Å². The highest BCUT2D eigenvalue weighted by atomic mass is 35.5. The van der Waals surface area contributed by atoms with Crippen LogP contribution in [0.5, 0.6) is 0 Å². The number of carbonyl (C=O) groups excluding carboxylic acids is 1. The zero-order valence-corrected chi connectivity index (χ0v) is 15.3. The summed E-state index contributed by atoms with van der Waals surface area (Å²) in [6.07, 6.45) is 2.55. The summed E-state index contributed by atoms with van der Waals surface area (Å²) in [6.45, 7) is 3.40. The molecule has 2 aromatic rings. The van der Waals surface area contributed by atoms with E-state index in [0.29, 0.717) is 17.4 Å². The van der Waals surface area contributed by atoms with E-state index < -0.39 is 0 Å². The average Bonchev–Trinajstić information content (AvgIpc) is 3.01. The Balaban J connectivity index is 1.80. The van der Waals surface area contributed by atoms with Crippen LogP contribution in [0, 0.1) is 0 Å². The topological polar surface area (TPSA) is 69.0 Å². The maximum Gasteiger partial charge on any atom is 0.230 e. The molecule has 0 aliphatic rings. The Kier molecular flexibility index (Phi) is 7.55. The third-order valence-corrected chi connectivity index (χ3v) is 4.64. The molecule has 1 aromatic carbocycles. The van der Waals surface area contributed by atoms with Gasteiger partial charge in [-0.2, -0.15) is 0 Å². The van der Waals surface area contributed by atoms with Crippen LogP contribution in [-0.2, 0) is 16.1 Å². The summed E-state index contributed by atoms with van der Waals surface area (Å²) in [6, 6.07) is 7.38. The first-order valence-corrected chi connectivity index (χ1v) is 9.01. The molecule has 0 bridgehead atoms. The first kappa shape index (κ1) is 18.8. The molecule has 1 aromatic heterocycles. The number of amides is 1. The molecule has 0 saturated carbocycles. The van der Waals surface area contributed by atoms with Crippen LogP contribution in [0.25, 0.3) is 0 Å². The number of nitrogens with one attached hydrogen (secondary N) is 1. The molecule has 1 N–H and O–H groups in total. The van der Waals surface area contributed by atoms with Crippen LogP contribution in [0.3, 0.4) is 0 Å². The molecule has 0 radical (unpaired) electrons. The largest absolute Gasteiger partial charge is 0.385 e. The number of methoxy groups -OCH3 is 1. The molecule has 8 heteroatoms. The molecule has 0 aliphatic carbocycles. The fraction of sp³-hybridized carbons (Fsp3) is 0.438. The Bertz CT molecular complexity index is 648. The van der Waals surface area contributed by atoms with E-state index in [2.05, 4.69) is 15.5 Å². The number of carbonyl (C=O) groups is 1. The van der Waals surface area contributed by atoms with Crippen molar-refractivity contribution in [2.45, 2.75) is 31.1 Å². The minimum atomic E-state index is -0.0741. The van der Waals surface area contributed by atoms with Gasteiger partial charge < -0.3 is 14.6 Å². The molecule has 0 unspecified atom stereocenters. The summed E-state index contributed by atoms with van der Waals surface area (Å²) >= 11 is 7.25. The highest BCUT2D eigenvalue weighted by Gasteiger charge is 2.12. The van der Waals surface area contributed by atoms with Gasteiger partial charge in [0.05, 0.1) is 11.8 Å². The fourth-order valence-corrected chi connectivity index (χ4v) is 3.02. The van der Waals surface area contributed by atoms with Crippen molar-refractivity contribution in [3.05, 3.63) is 41.2 Å². The Morgan fingerprint density at radius 1 is 1.42 bits per heavy atom. The van der Waals surface area contributed by atoms with Gasteiger partial charge in [-0.3, -0.25) is 4.79 Å². The lowest BCUT2D eigenvalue weighted by atomic mass is 10.1. The van der Waals surface area contributed by atoms with E-state index in [1.165, 1.54) is 11.8 Å². The highest BCUT2D eigenvalue weighted by Crippen LogP contribution is 2.18. The predicted octanol–water partition coefficient (Wildman–Crippen LogP) is 2.94. The normalized spacial score (nSPS) is 12.1. The standard InChI is InChI=1S/C16H21ClN4O2S/c1-12(13-4-6-14(17)7-5-13)19-15(22)10-24-16-20-18-11-21(16)8-3-9-23-2/h4-7,11-12H,3,8-10H2,1-2H3,(H,19,22)/t12-/m0/s1. The fourth-order valence-electron chi connectivity index (χ4n) is 2.14. The SMILES string of the molecule is COCCCn1cnnc1SCC(=O)N[C@@H](C)c1ccc(Cl)cc1. The molecule has 2 rings (SSSR count). The summed E-state index contributed by atoms with van der Waals surface area (Å²) in [5, 5.41) is 12.3. The van der Waals surface area contributed by atoms with Crippen molar-refractivity contribution in [3.63, 3.8) is 0 Å². The second-order valence-corrected chi connectivity index (χ2v) is 6.66. The van der Waals surface area contributed by atoms with Gasteiger partial charge in [0, 0.05) is 25.3 Å². The maximum absolute atomic E-state index is 12.1. The van der Waals surface area contributed by atoms with E-state index in [-0.39, 0.29) is 11.9 Å². The summed E-state index contributed by atoms with van der Waals surface area (Å²) in [7, 11) is 1.67. The molecule has 24 heavy (non-hydrogen) atoms. The minimum absolute atomic E-state index is 0.0473. The Labute approximate surface area is 150 Å². The van der Waals surface area contributed by atoms with E-state index in [9.17, 15) is 4.79 Å². The Morgan fingerprint density at radius 3 is 2.88 bits per heavy atom. The summed E-state index contributed by atoms with van der Waals surface area (Å²) < 4.78 is 6.97. The second-order valence-electron chi connectivity index (χ2n) is 5.28. The van der Waals surface area contributed by atoms with Gasteiger partial charge in [0.15, 0.2) is 5.16 Å². The number of aryl methyl sites for hydroxylation is 1. The monoisotopic (exact) mass is 368 g/mol. The van der Waals surface area contributed by atoms with E-state index in [1.54, 1.807) is 13.4 Å². The van der Waals surface area contributed by atoms with E-state index in [1.807, 2.05) is 35.8 Å². The first-order chi connectivity index (χ1) is 11.6. The number of thioether (sulfide) groups is 1. The van der Waals surface area contributed by atoms with Crippen molar-refractivity contribution >= 4 is 29.3 Å². The van der Waals surface area contributed by atoms with E-state index >= 15 is 0 Å². The van der Waals surface area contributed by atoms with Gasteiger partial charge in [-0.1, -0.05) is 35.5 Å². The quantitative estimate of drug-likeness (QED) is 0.544. The lowest BCUT2D eigenvalue weighted by Gasteiger charge is -2.14. The number of benzene rings is 1. The summed E-state index contributed by atoms with van der Waals surface area (Å²) in [4.78, 5) is 12.1. The lowest BCUT2D eigenvalue weighted by molar-refractivity contribution is -0.119. The number of ether oxygens (including phenoxy) is 1. The van der Waals surface area contributed by atoms with Crippen molar-refractivity contribution in [3.8, 4) is 0 Å². The van der Waals surface area contributed by atoms with Gasteiger partial charge in [-0.15, -0.1) is 10.2 Å². The number of halogens is 1. The van der Waals surface area contributed by atoms with Gasteiger partial charge in [0.2, 0.25) is 5.91 Å². The van der Waals surface area contributed by atoms with Crippen molar-refractivity contribution in [2.24, 2.45) is 0 Å². The molecule has 0 aliphatic heterocycles. The van der Waals surface area contributed by atoms with Crippen LogP contribution in [0.2, 0.25) is 5.02 Å². The number of hydrogen-bond donors (Lipinski definition) is 1. The molecule has 0 spiro atoms. The van der Waals surface area contributed by atoms with Gasteiger partial charge in [-0.05, 0) is 31.0 Å². The minimum Gasteiger partial charge on any atom is -0.385 e. The third-order valence-electron chi connectivity index (χ3n) is 3.41. The molecular formula is C16H21ClN4O2S. The smallest absolute Gasteiger partial charge is 0.230 e. The zero-order chi connectivity index (χ0) is 17.4. The first-order valence-electron chi connectivity index (χ1n) is 7.64. The van der Waals surface area contributed by atoms with Crippen molar-refractivity contribution in [2.75, 3.05) is 19.5 Å². The van der Waals surface area contributed by atoms with Gasteiger partial charge >= 0.3 is 0 Å². The molecule has 130 valence electrons. The van der Waals surface area contributed by atoms with Crippen LogP contribution < -0.4 is 5.32 Å². The molecule has 1 heterocycles. The summed E-state index contributed by atoms with van der Waals surface area (Å²) in [5.74, 6) is 0.245. The molecule has 1 atom stereocenters. The average molecular weight is 369 g/mol. The number of nitrogens with zero attached hydrogens (tertiary/aromatic N) is 3. The van der Waals surface area contributed by atoms with E-state index in [4.69, 9.17) is 16.3 Å². The zero-order valence-electron chi connectivity index (χ0n) is 13.7. The number of hydrogen-bond acceptors (Lipinski definition) is 5. The molecule has 6 nitrogen and oxygen atoms in total. The molecule has 0 saturated heterocycles. The highest BCUT2D eigenvalue weighted by molar-refractivity contribution is 7.99. The Morgan fingerprint density at radius 2 is 2.17 bits per heavy atom. The third kappa shape index (κ3) is 5.81. The second kappa shape index (κ2) is 9.66. The van der Waals surface area contributed by atoms with Crippen LogP contribution in [0.4, 0.5) is 0 Å². The van der Waals surface area contributed by atoms with Crippen LogP contribution in [0.1, 0.15) is 24.9 Å². The number of rotatable bonds is 9. The molecule has 0 fully saturated rings. The predicted molar refractivity (Wildman–Crippen MR) is 95.2 cm³/mol. The van der Waals surface area contributed by atoms with Crippen molar-refractivity contribution in [1.29, 1.82) is 0 Å². The lowest BCUT2D eigenvalue weighted by Crippen LogP contribution is -2.28. The van der Waals surface area contributed by atoms with Gasteiger partial charge in [0.25, 0.3) is 0 Å². The van der Waals surface area contributed by atoms with Gasteiger partial charge in [0.1, 0.15) is 6.33 Å². The Hall–Kier alpha value is -1.57. The molecular weight excluding hydrogens is 348 g/mol. The summed E-state index contributed by atoms with van der Waals surface area (Å²) in [5.41, 5.74) is 1.01. The van der Waals surface area contributed by atoms with Crippen LogP contribution >= 0.6 is 23.4 Å². The van der Waals surface area contributed by atoms with Crippen LogP contribution in [-0.4, -0.2) is 40.1 Å². The number of aromatic nitrogens is 3. The van der Waals surface area contributed by atoms with E-state index in [0.717, 1.165) is 23.7 Å².